The molecular weight excluding hydrogens is 294 g/mol. The van der Waals surface area contributed by atoms with Gasteiger partial charge in [0.05, 0.1) is 0 Å². The molecule has 5 N–H and O–H groups in total. The number of hydrogen-bond donors (Lipinski definition) is 3. The predicted molar refractivity (Wildman–Crippen MR) is 75.2 cm³/mol. The average molecular weight is 315 g/mol. The predicted octanol–water partition coefficient (Wildman–Crippen LogP) is 0.0548. The van der Waals surface area contributed by atoms with Crippen LogP contribution in [0.15, 0.2) is 0 Å². The van der Waals surface area contributed by atoms with E-state index >= 15 is 0 Å². The molecule has 4 rings (SSSR count). The highest BCUT2D eigenvalue weighted by Gasteiger charge is 2.59. The van der Waals surface area contributed by atoms with E-state index in [1.165, 1.54) is 0 Å². The molecule has 0 saturated heterocycles. The van der Waals surface area contributed by atoms with Crippen molar-refractivity contribution in [3.63, 3.8) is 0 Å². The molecule has 4 saturated carbocycles. The third-order valence-electron chi connectivity index (χ3n) is 5.45. The topological polar surface area (TPSA) is 132 Å². The van der Waals surface area contributed by atoms with Crippen molar-refractivity contribution in [1.29, 1.82) is 0 Å². The van der Waals surface area contributed by atoms with Crippen LogP contribution in [0, 0.1) is 23.2 Å². The Kier molecular flexibility index (Phi) is 3.20. The molecule has 21 heavy (non-hydrogen) atoms. The molecule has 0 aromatic rings. The second kappa shape index (κ2) is 4.59. The molecule has 0 aliphatic heterocycles. The van der Waals surface area contributed by atoms with Crippen LogP contribution in [0.25, 0.3) is 0 Å². The van der Waals surface area contributed by atoms with Gasteiger partial charge in [-0.25, -0.2) is 17.9 Å². The van der Waals surface area contributed by atoms with Gasteiger partial charge in [0.15, 0.2) is 5.25 Å². The van der Waals surface area contributed by atoms with Gasteiger partial charge in [-0.15, -0.1) is 0 Å². The lowest BCUT2D eigenvalue weighted by molar-refractivity contribution is -0.125. The Bertz CT molecular complexity index is 551. The number of carbonyl (C=O) groups is 2. The maximum absolute atomic E-state index is 12.4. The van der Waals surface area contributed by atoms with Gasteiger partial charge in [-0.1, -0.05) is 0 Å². The molecule has 8 heteroatoms. The van der Waals surface area contributed by atoms with Crippen LogP contribution in [-0.4, -0.2) is 25.6 Å². The highest BCUT2D eigenvalue weighted by molar-refractivity contribution is 7.91. The molecule has 1 unspecified atom stereocenters. The molecule has 0 heterocycles. The number of urea groups is 1. The SMILES string of the molecule is NC(=O)NS(=O)(=O)C(C(N)=O)C12CC3CC(CC(C3)C1)C2. The monoisotopic (exact) mass is 315 g/mol. The molecule has 0 radical (unpaired) electrons. The van der Waals surface area contributed by atoms with Crippen molar-refractivity contribution in [3.05, 3.63) is 0 Å². The van der Waals surface area contributed by atoms with Crippen LogP contribution in [0.2, 0.25) is 0 Å². The Balaban J connectivity index is 1.98. The van der Waals surface area contributed by atoms with Gasteiger partial charge in [0.1, 0.15) is 0 Å². The Morgan fingerprint density at radius 3 is 1.76 bits per heavy atom. The summed E-state index contributed by atoms with van der Waals surface area (Å²) in [6, 6.07) is -1.18. The van der Waals surface area contributed by atoms with Gasteiger partial charge in [0.25, 0.3) is 0 Å². The molecule has 118 valence electrons. The summed E-state index contributed by atoms with van der Waals surface area (Å²) >= 11 is 0. The molecule has 4 bridgehead atoms. The molecular formula is C13H21N3O4S. The van der Waals surface area contributed by atoms with E-state index in [1.807, 2.05) is 0 Å². The van der Waals surface area contributed by atoms with Crippen molar-refractivity contribution in [2.75, 3.05) is 0 Å². The van der Waals surface area contributed by atoms with E-state index in [4.69, 9.17) is 11.5 Å². The van der Waals surface area contributed by atoms with Crippen LogP contribution < -0.4 is 16.2 Å². The quantitative estimate of drug-likeness (QED) is 0.676. The highest BCUT2D eigenvalue weighted by atomic mass is 32.2. The summed E-state index contributed by atoms with van der Waals surface area (Å²) < 4.78 is 26.5. The van der Waals surface area contributed by atoms with Gasteiger partial charge in [0, 0.05) is 0 Å². The Hall–Kier alpha value is -1.31. The molecule has 4 fully saturated rings. The summed E-state index contributed by atoms with van der Waals surface area (Å²) in [6.07, 6.45) is 5.46. The number of rotatable bonds is 4. The zero-order valence-electron chi connectivity index (χ0n) is 11.7. The van der Waals surface area contributed by atoms with Gasteiger partial charge in [0.2, 0.25) is 15.9 Å². The first-order valence-corrected chi connectivity index (χ1v) is 8.87. The number of nitrogens with two attached hydrogens (primary N) is 2. The van der Waals surface area contributed by atoms with Crippen LogP contribution in [0.1, 0.15) is 38.5 Å². The zero-order valence-corrected chi connectivity index (χ0v) is 12.6. The fourth-order valence-corrected chi connectivity index (χ4v) is 7.13. The summed E-state index contributed by atoms with van der Waals surface area (Å²) in [7, 11) is -4.18. The van der Waals surface area contributed by atoms with Gasteiger partial charge in [-0.05, 0) is 61.7 Å². The summed E-state index contributed by atoms with van der Waals surface area (Å²) in [5.74, 6) is 0.538. The van der Waals surface area contributed by atoms with E-state index in [1.54, 1.807) is 4.72 Å². The lowest BCUT2D eigenvalue weighted by Gasteiger charge is -2.58. The first kappa shape index (κ1) is 14.6. The van der Waals surface area contributed by atoms with Crippen molar-refractivity contribution in [3.8, 4) is 0 Å². The van der Waals surface area contributed by atoms with E-state index in [-0.39, 0.29) is 0 Å². The van der Waals surface area contributed by atoms with E-state index < -0.39 is 32.6 Å². The minimum atomic E-state index is -4.18. The van der Waals surface area contributed by atoms with Crippen LogP contribution in [0.5, 0.6) is 0 Å². The van der Waals surface area contributed by atoms with E-state index in [9.17, 15) is 18.0 Å². The van der Waals surface area contributed by atoms with E-state index in [0.29, 0.717) is 37.0 Å². The minimum Gasteiger partial charge on any atom is -0.368 e. The first-order chi connectivity index (χ1) is 9.72. The number of nitrogens with one attached hydrogen (secondary N) is 1. The van der Waals surface area contributed by atoms with Crippen LogP contribution >= 0.6 is 0 Å². The Morgan fingerprint density at radius 2 is 1.43 bits per heavy atom. The van der Waals surface area contributed by atoms with Crippen molar-refractivity contribution in [2.45, 2.75) is 43.8 Å². The molecule has 0 aromatic heterocycles. The van der Waals surface area contributed by atoms with Gasteiger partial charge >= 0.3 is 6.03 Å². The first-order valence-electron chi connectivity index (χ1n) is 7.32. The van der Waals surface area contributed by atoms with Crippen molar-refractivity contribution < 1.29 is 18.0 Å². The number of amides is 3. The smallest absolute Gasteiger partial charge is 0.325 e. The number of carbonyl (C=O) groups excluding carboxylic acids is 2. The van der Waals surface area contributed by atoms with Gasteiger partial charge < -0.3 is 11.5 Å². The fourth-order valence-electron chi connectivity index (χ4n) is 5.48. The zero-order chi connectivity index (χ0) is 15.4. The van der Waals surface area contributed by atoms with Crippen molar-refractivity contribution >= 4 is 22.0 Å². The average Bonchev–Trinajstić information content (AvgIpc) is 2.21. The van der Waals surface area contributed by atoms with Crippen LogP contribution in [-0.2, 0) is 14.8 Å². The van der Waals surface area contributed by atoms with Crippen LogP contribution in [0.3, 0.4) is 0 Å². The second-order valence-electron chi connectivity index (χ2n) is 7.07. The summed E-state index contributed by atoms with van der Waals surface area (Å²) in [5, 5.41) is -1.37. The molecule has 0 spiro atoms. The largest absolute Gasteiger partial charge is 0.368 e. The minimum absolute atomic E-state index is 0.474. The number of sulfonamides is 1. The Morgan fingerprint density at radius 1 is 1.00 bits per heavy atom. The third kappa shape index (κ3) is 2.39. The van der Waals surface area contributed by atoms with Gasteiger partial charge in [-0.3, -0.25) is 4.79 Å². The molecule has 4 aliphatic rings. The molecule has 4 aliphatic carbocycles. The molecule has 7 nitrogen and oxygen atoms in total. The molecule has 3 amide bonds. The normalized spacial score (nSPS) is 39.0. The van der Waals surface area contributed by atoms with Crippen molar-refractivity contribution in [1.82, 2.24) is 4.72 Å². The molecule has 1 atom stereocenters. The van der Waals surface area contributed by atoms with Crippen molar-refractivity contribution in [2.24, 2.45) is 34.6 Å². The van der Waals surface area contributed by atoms with Crippen LogP contribution in [0.4, 0.5) is 4.79 Å². The number of primary amides is 2. The lowest BCUT2D eigenvalue weighted by atomic mass is 9.48. The maximum Gasteiger partial charge on any atom is 0.325 e. The highest BCUT2D eigenvalue weighted by Crippen LogP contribution is 2.62. The number of hydrogen-bond acceptors (Lipinski definition) is 4. The second-order valence-corrected chi connectivity index (χ2v) is 8.84. The fraction of sp³-hybridized carbons (Fsp3) is 0.846. The molecule has 0 aromatic carbocycles. The third-order valence-corrected chi connectivity index (χ3v) is 7.29. The summed E-state index contributed by atoms with van der Waals surface area (Å²) in [4.78, 5) is 22.8. The Labute approximate surface area is 123 Å². The summed E-state index contributed by atoms with van der Waals surface area (Å²) in [5.41, 5.74) is 9.71. The standard InChI is InChI=1S/C13H21N3O4S/c14-11(17)10(21(19,20)16-12(15)18)13-4-7-1-8(5-13)3-9(2-7)6-13/h7-10H,1-6H2,(H2,14,17)(H3,15,16,18). The van der Waals surface area contributed by atoms with Gasteiger partial charge in [-0.2, -0.15) is 0 Å². The lowest BCUT2D eigenvalue weighted by Crippen LogP contribution is -2.60. The summed E-state index contributed by atoms with van der Waals surface area (Å²) in [6.45, 7) is 0. The maximum atomic E-state index is 12.4. The van der Waals surface area contributed by atoms with E-state index in [0.717, 1.165) is 19.3 Å². The van der Waals surface area contributed by atoms with E-state index in [2.05, 4.69) is 0 Å².